The Balaban J connectivity index is 2.11. The molecule has 0 unspecified atom stereocenters. The maximum Gasteiger partial charge on any atom is 0.0725 e. The number of hydrogen-bond donors (Lipinski definition) is 1. The van der Waals surface area contributed by atoms with Crippen LogP contribution in [-0.2, 0) is 0 Å². The number of pyridine rings is 1. The molecule has 0 aliphatic heterocycles. The lowest BCUT2D eigenvalue weighted by Gasteiger charge is -2.22. The van der Waals surface area contributed by atoms with Crippen molar-refractivity contribution in [2.75, 3.05) is 25.0 Å². The SMILES string of the molecule is CCN(CC)CCC[C@@H](C)Nc1c(C)cnc2cc(C)c(C)cc12. The molecule has 1 aromatic carbocycles. The summed E-state index contributed by atoms with van der Waals surface area (Å²) in [6.07, 6.45) is 4.41. The van der Waals surface area contributed by atoms with Crippen LogP contribution >= 0.6 is 0 Å². The Bertz CT molecular complexity index is 674. The van der Waals surface area contributed by atoms with E-state index < -0.39 is 0 Å². The number of anilines is 1. The normalized spacial score (nSPS) is 12.8. The van der Waals surface area contributed by atoms with Gasteiger partial charge in [-0.2, -0.15) is 0 Å². The summed E-state index contributed by atoms with van der Waals surface area (Å²) in [6.45, 7) is 16.7. The van der Waals surface area contributed by atoms with Gasteiger partial charge in [-0.05, 0) is 89.0 Å². The lowest BCUT2D eigenvalue weighted by atomic mass is 10.0. The van der Waals surface area contributed by atoms with E-state index in [0.717, 1.165) is 18.6 Å². The molecule has 0 fully saturated rings. The first-order chi connectivity index (χ1) is 11.5. The fraction of sp³-hybridized carbons (Fsp3) is 0.571. The van der Waals surface area contributed by atoms with Gasteiger partial charge in [0.1, 0.15) is 0 Å². The van der Waals surface area contributed by atoms with Crippen LogP contribution in [0.3, 0.4) is 0 Å². The lowest BCUT2D eigenvalue weighted by molar-refractivity contribution is 0.295. The van der Waals surface area contributed by atoms with E-state index in [1.807, 2.05) is 6.20 Å². The second-order valence-electron chi connectivity index (χ2n) is 6.98. The van der Waals surface area contributed by atoms with Gasteiger partial charge in [-0.15, -0.1) is 0 Å². The van der Waals surface area contributed by atoms with Gasteiger partial charge in [0.15, 0.2) is 0 Å². The van der Waals surface area contributed by atoms with Crippen LogP contribution in [-0.4, -0.2) is 35.6 Å². The summed E-state index contributed by atoms with van der Waals surface area (Å²) in [6, 6.07) is 4.93. The van der Waals surface area contributed by atoms with Crippen LogP contribution in [0.1, 0.15) is 50.3 Å². The van der Waals surface area contributed by atoms with Crippen molar-refractivity contribution in [2.45, 2.75) is 60.4 Å². The van der Waals surface area contributed by atoms with Gasteiger partial charge in [-0.25, -0.2) is 0 Å². The van der Waals surface area contributed by atoms with Gasteiger partial charge in [0.25, 0.3) is 0 Å². The van der Waals surface area contributed by atoms with Gasteiger partial charge in [-0.1, -0.05) is 13.8 Å². The fourth-order valence-electron chi connectivity index (χ4n) is 3.22. The monoisotopic (exact) mass is 327 g/mol. The topological polar surface area (TPSA) is 28.2 Å². The first-order valence-electron chi connectivity index (χ1n) is 9.31. The molecule has 0 aliphatic carbocycles. The van der Waals surface area contributed by atoms with E-state index in [2.05, 4.69) is 68.9 Å². The minimum Gasteiger partial charge on any atom is -0.382 e. The van der Waals surface area contributed by atoms with E-state index in [4.69, 9.17) is 0 Å². The van der Waals surface area contributed by atoms with Gasteiger partial charge in [0.05, 0.1) is 5.52 Å². The Morgan fingerprint density at radius 2 is 1.71 bits per heavy atom. The summed E-state index contributed by atoms with van der Waals surface area (Å²) in [7, 11) is 0. The number of nitrogens with zero attached hydrogens (tertiary/aromatic N) is 2. The van der Waals surface area contributed by atoms with Crippen LogP contribution in [0, 0.1) is 20.8 Å². The highest BCUT2D eigenvalue weighted by molar-refractivity contribution is 5.93. The van der Waals surface area contributed by atoms with Crippen molar-refractivity contribution in [3.05, 3.63) is 35.0 Å². The fourth-order valence-corrected chi connectivity index (χ4v) is 3.22. The van der Waals surface area contributed by atoms with Gasteiger partial charge in [0, 0.05) is 23.3 Å². The zero-order valence-electron chi connectivity index (χ0n) is 16.2. The molecule has 0 aliphatic rings. The van der Waals surface area contributed by atoms with Crippen molar-refractivity contribution >= 4 is 16.6 Å². The molecule has 1 atom stereocenters. The molecule has 1 heterocycles. The molecule has 2 aromatic rings. The summed E-state index contributed by atoms with van der Waals surface area (Å²) < 4.78 is 0. The highest BCUT2D eigenvalue weighted by Crippen LogP contribution is 2.28. The number of rotatable bonds is 8. The average Bonchev–Trinajstić information content (AvgIpc) is 2.56. The highest BCUT2D eigenvalue weighted by atomic mass is 15.1. The van der Waals surface area contributed by atoms with Crippen molar-refractivity contribution in [1.29, 1.82) is 0 Å². The number of benzene rings is 1. The van der Waals surface area contributed by atoms with E-state index in [0.29, 0.717) is 6.04 Å². The smallest absolute Gasteiger partial charge is 0.0725 e. The molecule has 0 amide bonds. The van der Waals surface area contributed by atoms with E-state index in [1.165, 1.54) is 47.2 Å². The first kappa shape index (κ1) is 18.7. The highest BCUT2D eigenvalue weighted by Gasteiger charge is 2.11. The summed E-state index contributed by atoms with van der Waals surface area (Å²) in [5.74, 6) is 0. The Morgan fingerprint density at radius 3 is 2.38 bits per heavy atom. The summed E-state index contributed by atoms with van der Waals surface area (Å²) in [5.41, 5.74) is 6.19. The van der Waals surface area contributed by atoms with Crippen molar-refractivity contribution in [3.63, 3.8) is 0 Å². The summed E-state index contributed by atoms with van der Waals surface area (Å²) >= 11 is 0. The van der Waals surface area contributed by atoms with Crippen LogP contribution in [0.25, 0.3) is 10.9 Å². The zero-order valence-corrected chi connectivity index (χ0v) is 16.2. The second kappa shape index (κ2) is 8.48. The van der Waals surface area contributed by atoms with Crippen LogP contribution in [0.15, 0.2) is 18.3 Å². The van der Waals surface area contributed by atoms with Gasteiger partial charge in [0.2, 0.25) is 0 Å². The third-order valence-electron chi connectivity index (χ3n) is 5.07. The van der Waals surface area contributed by atoms with E-state index in [9.17, 15) is 0 Å². The molecule has 0 radical (unpaired) electrons. The molecule has 2 rings (SSSR count). The third kappa shape index (κ3) is 4.47. The quantitative estimate of drug-likeness (QED) is 0.732. The molecule has 3 heteroatoms. The van der Waals surface area contributed by atoms with Crippen LogP contribution in [0.2, 0.25) is 0 Å². The standard InChI is InChI=1S/C21H33N3/c1-7-24(8-2)11-9-10-18(6)23-21-17(5)14-22-20-13-16(4)15(3)12-19(20)21/h12-14,18H,7-11H2,1-6H3,(H,22,23)/t18-/m1/s1. The molecule has 132 valence electrons. The molecule has 1 N–H and O–H groups in total. The van der Waals surface area contributed by atoms with Crippen molar-refractivity contribution < 1.29 is 0 Å². The summed E-state index contributed by atoms with van der Waals surface area (Å²) in [4.78, 5) is 7.10. The maximum absolute atomic E-state index is 4.61. The van der Waals surface area contributed by atoms with E-state index >= 15 is 0 Å². The van der Waals surface area contributed by atoms with Crippen LogP contribution in [0.5, 0.6) is 0 Å². The zero-order chi connectivity index (χ0) is 17.7. The Hall–Kier alpha value is -1.61. The molecule has 0 bridgehead atoms. The minimum absolute atomic E-state index is 0.464. The predicted molar refractivity (Wildman–Crippen MR) is 106 cm³/mol. The molecule has 1 aromatic heterocycles. The Kier molecular flexibility index (Phi) is 6.61. The molecular formula is C21H33N3. The second-order valence-corrected chi connectivity index (χ2v) is 6.98. The number of aromatic nitrogens is 1. The third-order valence-corrected chi connectivity index (χ3v) is 5.07. The molecule has 0 saturated carbocycles. The maximum atomic E-state index is 4.61. The van der Waals surface area contributed by atoms with Gasteiger partial charge in [-0.3, -0.25) is 4.98 Å². The Labute approximate surface area is 147 Å². The summed E-state index contributed by atoms with van der Waals surface area (Å²) in [5, 5.41) is 5.00. The first-order valence-corrected chi connectivity index (χ1v) is 9.31. The molecular weight excluding hydrogens is 294 g/mol. The van der Waals surface area contributed by atoms with Crippen LogP contribution < -0.4 is 5.32 Å². The number of aryl methyl sites for hydroxylation is 3. The van der Waals surface area contributed by atoms with Crippen molar-refractivity contribution in [2.24, 2.45) is 0 Å². The molecule has 3 nitrogen and oxygen atoms in total. The minimum atomic E-state index is 0.464. The number of fused-ring (bicyclic) bond motifs is 1. The van der Waals surface area contributed by atoms with Gasteiger partial charge < -0.3 is 10.2 Å². The number of hydrogen-bond acceptors (Lipinski definition) is 3. The average molecular weight is 328 g/mol. The predicted octanol–water partition coefficient (Wildman–Crippen LogP) is 5.08. The lowest BCUT2D eigenvalue weighted by Crippen LogP contribution is -2.25. The van der Waals surface area contributed by atoms with E-state index in [1.54, 1.807) is 0 Å². The van der Waals surface area contributed by atoms with Crippen molar-refractivity contribution in [1.82, 2.24) is 9.88 Å². The number of nitrogens with one attached hydrogen (secondary N) is 1. The molecule has 24 heavy (non-hydrogen) atoms. The van der Waals surface area contributed by atoms with Gasteiger partial charge >= 0.3 is 0 Å². The largest absolute Gasteiger partial charge is 0.382 e. The van der Waals surface area contributed by atoms with E-state index in [-0.39, 0.29) is 0 Å². The molecule has 0 saturated heterocycles. The Morgan fingerprint density at radius 1 is 1.04 bits per heavy atom. The van der Waals surface area contributed by atoms with Crippen LogP contribution in [0.4, 0.5) is 5.69 Å². The van der Waals surface area contributed by atoms with Crippen molar-refractivity contribution in [3.8, 4) is 0 Å². The molecule has 0 spiro atoms.